The Morgan fingerprint density at radius 3 is 1.28 bits per heavy atom. The Kier molecular flexibility index (Phi) is 14.2. The zero-order valence-electron chi connectivity index (χ0n) is 13.6. The molecule has 0 fully saturated rings. The van der Waals surface area contributed by atoms with Crippen LogP contribution < -0.4 is 0 Å². The van der Waals surface area contributed by atoms with E-state index in [0.29, 0.717) is 0 Å². The molecule has 0 N–H and O–H groups in total. The summed E-state index contributed by atoms with van der Waals surface area (Å²) >= 11 is 0. The van der Waals surface area contributed by atoms with Crippen molar-refractivity contribution in [2.24, 2.45) is 0 Å². The Morgan fingerprint density at radius 2 is 0.944 bits per heavy atom. The first-order valence-electron chi connectivity index (χ1n) is 8.72. The van der Waals surface area contributed by atoms with Crippen LogP contribution in [0.2, 0.25) is 25.2 Å². The minimum atomic E-state index is -0.271. The summed E-state index contributed by atoms with van der Waals surface area (Å²) < 4.78 is 0. The highest BCUT2D eigenvalue weighted by Crippen LogP contribution is 2.16. The van der Waals surface area contributed by atoms with Gasteiger partial charge in [0.2, 0.25) is 0 Å². The van der Waals surface area contributed by atoms with E-state index in [1.54, 1.807) is 24.9 Å². The third-order valence-electron chi connectivity index (χ3n) is 4.30. The first kappa shape index (κ1) is 18.4. The van der Waals surface area contributed by atoms with Crippen molar-refractivity contribution in [2.45, 2.75) is 103 Å². The van der Waals surface area contributed by atoms with E-state index in [0.717, 1.165) is 0 Å². The molecule has 0 aromatic carbocycles. The largest absolute Gasteiger partial charge is 0.0743 e. The van der Waals surface area contributed by atoms with Gasteiger partial charge in [0.05, 0.1) is 0 Å². The fraction of sp³-hybridized carbons (Fsp3) is 1.00. The predicted molar refractivity (Wildman–Crippen MR) is 93.2 cm³/mol. The molecular weight excluding hydrogens is 248 g/mol. The first-order valence-corrected chi connectivity index (χ1v) is 15.3. The zero-order chi connectivity index (χ0) is 13.6. The van der Waals surface area contributed by atoms with Crippen LogP contribution >= 0.6 is 0 Å². The topological polar surface area (TPSA) is 0 Å². The molecule has 0 aliphatic carbocycles. The molecule has 0 saturated carbocycles. The molecule has 2 heteroatoms. The van der Waals surface area contributed by atoms with Gasteiger partial charge in [-0.15, -0.1) is 0 Å². The number of hydrogen-bond donors (Lipinski definition) is 0. The minimum absolute atomic E-state index is 0.264. The highest BCUT2D eigenvalue weighted by Gasteiger charge is 2.15. The quantitative estimate of drug-likeness (QED) is 0.300. The van der Waals surface area contributed by atoms with Crippen LogP contribution in [0.25, 0.3) is 0 Å². The van der Waals surface area contributed by atoms with Crippen molar-refractivity contribution in [3.63, 3.8) is 0 Å². The van der Waals surface area contributed by atoms with Crippen LogP contribution in [0.5, 0.6) is 0 Å². The van der Waals surface area contributed by atoms with Gasteiger partial charge < -0.3 is 0 Å². The third kappa shape index (κ3) is 11.5. The first-order chi connectivity index (χ1) is 8.72. The van der Waals surface area contributed by atoms with Gasteiger partial charge in [0.25, 0.3) is 0 Å². The Morgan fingerprint density at radius 1 is 0.556 bits per heavy atom. The lowest BCUT2D eigenvalue weighted by Crippen LogP contribution is -2.29. The number of unbranched alkanes of at least 4 members (excludes halogenated alkanes) is 8. The minimum Gasteiger partial charge on any atom is -0.0743 e. The van der Waals surface area contributed by atoms with Crippen molar-refractivity contribution in [2.75, 3.05) is 0 Å². The molecule has 0 aromatic heterocycles. The smallest absolute Gasteiger partial charge is 0.0274 e. The second kappa shape index (κ2) is 13.9. The molecule has 0 radical (unpaired) electrons. The fourth-order valence-corrected chi connectivity index (χ4v) is 11.5. The van der Waals surface area contributed by atoms with Gasteiger partial charge in [-0.2, -0.15) is 0 Å². The van der Waals surface area contributed by atoms with Crippen molar-refractivity contribution >= 4 is 16.6 Å². The molecule has 0 amide bonds. The molecule has 0 spiro atoms. The van der Waals surface area contributed by atoms with Gasteiger partial charge >= 0.3 is 0 Å². The summed E-state index contributed by atoms with van der Waals surface area (Å²) in [6, 6.07) is 3.36. The SMILES string of the molecule is CCCCCCC[SiH](CCCCCCC)[SiH](C)C. The van der Waals surface area contributed by atoms with Crippen molar-refractivity contribution in [1.29, 1.82) is 0 Å². The molecule has 0 aromatic rings. The van der Waals surface area contributed by atoms with Crippen molar-refractivity contribution in [1.82, 2.24) is 0 Å². The summed E-state index contributed by atoms with van der Waals surface area (Å²) in [4.78, 5) is 0. The fourth-order valence-electron chi connectivity index (χ4n) is 2.83. The van der Waals surface area contributed by atoms with Gasteiger partial charge in [-0.3, -0.25) is 0 Å². The Balaban J connectivity index is 3.53. The van der Waals surface area contributed by atoms with Crippen LogP contribution in [0.4, 0.5) is 0 Å². The van der Waals surface area contributed by atoms with E-state index in [4.69, 9.17) is 0 Å². The van der Waals surface area contributed by atoms with Crippen LogP contribution in [0.15, 0.2) is 0 Å². The van der Waals surface area contributed by atoms with E-state index in [2.05, 4.69) is 26.9 Å². The average molecular weight is 287 g/mol. The highest BCUT2D eigenvalue weighted by molar-refractivity contribution is 7.21. The van der Waals surface area contributed by atoms with Gasteiger partial charge in [0.15, 0.2) is 0 Å². The molecule has 0 aliphatic rings. The predicted octanol–water partition coefficient (Wildman–Crippen LogP) is 5.72. The monoisotopic (exact) mass is 286 g/mol. The maximum Gasteiger partial charge on any atom is 0.0274 e. The standard InChI is InChI=1S/C16H38Si2/c1-5-7-9-11-13-15-18(17(3)4)16-14-12-10-8-6-2/h17-18H,5-16H2,1-4H3. The van der Waals surface area contributed by atoms with Gasteiger partial charge in [-0.25, -0.2) is 0 Å². The highest BCUT2D eigenvalue weighted by atomic mass is 29.2. The third-order valence-corrected chi connectivity index (χ3v) is 16.1. The van der Waals surface area contributed by atoms with Gasteiger partial charge in [0.1, 0.15) is 0 Å². The molecule has 0 bridgehead atoms. The molecule has 110 valence electrons. The summed E-state index contributed by atoms with van der Waals surface area (Å²) in [5.41, 5.74) is 0. The molecular formula is C16H38Si2. The van der Waals surface area contributed by atoms with Crippen LogP contribution in [-0.2, 0) is 0 Å². The maximum atomic E-state index is 2.62. The van der Waals surface area contributed by atoms with Crippen LogP contribution in [0.3, 0.4) is 0 Å². The molecule has 0 rings (SSSR count). The van der Waals surface area contributed by atoms with Gasteiger partial charge in [-0.1, -0.05) is 103 Å². The van der Waals surface area contributed by atoms with Crippen molar-refractivity contribution in [3.8, 4) is 0 Å². The summed E-state index contributed by atoms with van der Waals surface area (Å²) in [6.45, 7) is 9.87. The lowest BCUT2D eigenvalue weighted by atomic mass is 10.2. The lowest BCUT2D eigenvalue weighted by molar-refractivity contribution is 0.646. The van der Waals surface area contributed by atoms with E-state index >= 15 is 0 Å². The maximum absolute atomic E-state index is 2.62. The molecule has 0 nitrogen and oxygen atoms in total. The normalized spacial score (nSPS) is 11.7. The lowest BCUT2D eigenvalue weighted by Gasteiger charge is -2.18. The second-order valence-electron chi connectivity index (χ2n) is 6.41. The van der Waals surface area contributed by atoms with Gasteiger partial charge in [-0.05, 0) is 0 Å². The van der Waals surface area contributed by atoms with Crippen molar-refractivity contribution < 1.29 is 0 Å². The summed E-state index contributed by atoms with van der Waals surface area (Å²) in [7, 11) is -0.536. The van der Waals surface area contributed by atoms with E-state index in [9.17, 15) is 0 Å². The van der Waals surface area contributed by atoms with Crippen molar-refractivity contribution in [3.05, 3.63) is 0 Å². The van der Waals surface area contributed by atoms with E-state index in [-0.39, 0.29) is 16.6 Å². The Labute approximate surface area is 120 Å². The molecule has 0 atom stereocenters. The van der Waals surface area contributed by atoms with Crippen LogP contribution in [-0.4, -0.2) is 16.6 Å². The summed E-state index contributed by atoms with van der Waals surface area (Å²) in [6.07, 6.45) is 14.9. The van der Waals surface area contributed by atoms with E-state index < -0.39 is 0 Å². The van der Waals surface area contributed by atoms with E-state index in [1.165, 1.54) is 51.4 Å². The molecule has 18 heavy (non-hydrogen) atoms. The number of hydrogen-bond acceptors (Lipinski definition) is 0. The number of rotatable bonds is 13. The summed E-state index contributed by atoms with van der Waals surface area (Å²) in [5, 5.41) is 0. The zero-order valence-corrected chi connectivity index (χ0v) is 15.9. The molecule has 0 unspecified atom stereocenters. The van der Waals surface area contributed by atoms with Crippen LogP contribution in [0.1, 0.15) is 78.1 Å². The molecule has 0 heterocycles. The Bertz CT molecular complexity index is 143. The Hall–Kier alpha value is 0.434. The average Bonchev–Trinajstić information content (AvgIpc) is 2.35. The van der Waals surface area contributed by atoms with Crippen LogP contribution in [0, 0.1) is 0 Å². The molecule has 0 saturated heterocycles. The molecule has 0 aliphatic heterocycles. The van der Waals surface area contributed by atoms with Gasteiger partial charge in [0, 0.05) is 16.6 Å². The van der Waals surface area contributed by atoms with E-state index in [1.807, 2.05) is 0 Å². The second-order valence-corrected chi connectivity index (χ2v) is 18.4. The summed E-state index contributed by atoms with van der Waals surface area (Å²) in [5.74, 6) is 0.